The van der Waals surface area contributed by atoms with Gasteiger partial charge in [-0.1, -0.05) is 27.2 Å². The fraction of sp³-hybridized carbons (Fsp3) is 0.929. The molecule has 0 aromatic rings. The number of unbranched alkanes of at least 4 members (excludes halogenated alkanes) is 1. The highest BCUT2D eigenvalue weighted by molar-refractivity contribution is 5.80. The van der Waals surface area contributed by atoms with Crippen LogP contribution < -0.4 is 5.32 Å². The molecule has 106 valence electrons. The van der Waals surface area contributed by atoms with Crippen LogP contribution in [-0.2, 0) is 0 Å². The Morgan fingerprint density at radius 3 is 2.12 bits per heavy atom. The molecule has 0 amide bonds. The van der Waals surface area contributed by atoms with Crippen molar-refractivity contribution in [2.45, 2.75) is 73.4 Å². The highest BCUT2D eigenvalue weighted by atomic mass is 15.3. The predicted molar refractivity (Wildman–Crippen MR) is 81.8 cm³/mol. The molecule has 0 fully saturated rings. The second kappa shape index (κ2) is 11.7. The molecule has 0 aliphatic carbocycles. The topological polar surface area (TPSA) is 27.6 Å². The van der Waals surface area contributed by atoms with Crippen molar-refractivity contribution in [3.05, 3.63) is 0 Å². The van der Waals surface area contributed by atoms with E-state index in [-0.39, 0.29) is 1.43 Å². The first-order valence-corrected chi connectivity index (χ1v) is 7.02. The van der Waals surface area contributed by atoms with E-state index in [0.717, 1.165) is 12.5 Å². The molecule has 0 bridgehead atoms. The van der Waals surface area contributed by atoms with Gasteiger partial charge in [0.25, 0.3) is 0 Å². The Morgan fingerprint density at radius 1 is 1.24 bits per heavy atom. The maximum Gasteiger partial charge on any atom is 0.194 e. The zero-order valence-electron chi connectivity index (χ0n) is 13.2. The molecular weight excluding hydrogens is 210 g/mol. The Morgan fingerprint density at radius 2 is 1.76 bits per heavy atom. The van der Waals surface area contributed by atoms with Crippen LogP contribution in [0.2, 0.25) is 0 Å². The first-order valence-electron chi connectivity index (χ1n) is 7.02. The molecule has 0 aliphatic heterocycles. The van der Waals surface area contributed by atoms with E-state index in [4.69, 9.17) is 0 Å². The van der Waals surface area contributed by atoms with Gasteiger partial charge in [0.15, 0.2) is 5.96 Å². The van der Waals surface area contributed by atoms with Crippen LogP contribution in [-0.4, -0.2) is 36.5 Å². The fourth-order valence-corrected chi connectivity index (χ4v) is 1.25. The van der Waals surface area contributed by atoms with Gasteiger partial charge in [-0.15, -0.1) is 0 Å². The molecule has 0 aromatic heterocycles. The summed E-state index contributed by atoms with van der Waals surface area (Å²) < 4.78 is 0. The molecule has 1 N–H and O–H groups in total. The highest BCUT2D eigenvalue weighted by Gasteiger charge is 2.07. The minimum Gasteiger partial charge on any atom is -0.354 e. The van der Waals surface area contributed by atoms with Crippen LogP contribution >= 0.6 is 0 Å². The maximum atomic E-state index is 4.60. The van der Waals surface area contributed by atoms with Crippen molar-refractivity contribution in [2.24, 2.45) is 4.99 Å². The van der Waals surface area contributed by atoms with Gasteiger partial charge in [0, 0.05) is 27.1 Å². The number of rotatable bonds is 5. The second-order valence-electron chi connectivity index (χ2n) is 4.62. The number of hydrogen-bond acceptors (Lipinski definition) is 1. The smallest absolute Gasteiger partial charge is 0.194 e. The van der Waals surface area contributed by atoms with E-state index in [9.17, 15) is 0 Å². The molecule has 0 unspecified atom stereocenters. The molecular formula is C14H35N3. The van der Waals surface area contributed by atoms with Crippen molar-refractivity contribution in [1.82, 2.24) is 10.2 Å². The summed E-state index contributed by atoms with van der Waals surface area (Å²) in [6.45, 7) is 15.8. The molecule has 0 heterocycles. The third-order valence-electron chi connectivity index (χ3n) is 2.01. The summed E-state index contributed by atoms with van der Waals surface area (Å²) in [6, 6.07) is 0.780. The normalized spacial score (nSPS) is 11.3. The SMILES string of the molecule is CC.CCCCN(C)C(=NC(C)C)NC(C)C.[HH]. The van der Waals surface area contributed by atoms with Crippen molar-refractivity contribution in [1.29, 1.82) is 0 Å². The number of guanidine groups is 1. The van der Waals surface area contributed by atoms with E-state index in [1.807, 2.05) is 13.8 Å². The maximum absolute atomic E-state index is 4.60. The molecule has 3 heteroatoms. The van der Waals surface area contributed by atoms with Crippen LogP contribution in [0.3, 0.4) is 0 Å². The van der Waals surface area contributed by atoms with E-state index in [0.29, 0.717) is 12.1 Å². The summed E-state index contributed by atoms with van der Waals surface area (Å²) in [4.78, 5) is 6.81. The number of hydrogen-bond donors (Lipinski definition) is 1. The van der Waals surface area contributed by atoms with Gasteiger partial charge in [-0.25, -0.2) is 0 Å². The van der Waals surface area contributed by atoms with Gasteiger partial charge in [0.1, 0.15) is 0 Å². The largest absolute Gasteiger partial charge is 0.354 e. The van der Waals surface area contributed by atoms with Crippen molar-refractivity contribution in [3.8, 4) is 0 Å². The Kier molecular flexibility index (Phi) is 12.9. The van der Waals surface area contributed by atoms with E-state index in [1.165, 1.54) is 12.8 Å². The molecule has 17 heavy (non-hydrogen) atoms. The Balaban J connectivity index is -0.000000709. The number of aliphatic imine (C=N–C) groups is 1. The molecule has 0 atom stereocenters. The molecule has 0 aromatic carbocycles. The summed E-state index contributed by atoms with van der Waals surface area (Å²) in [7, 11) is 2.10. The summed E-state index contributed by atoms with van der Waals surface area (Å²) in [5, 5.41) is 3.40. The monoisotopic (exact) mass is 245 g/mol. The summed E-state index contributed by atoms with van der Waals surface area (Å²) in [5.41, 5.74) is 0. The van der Waals surface area contributed by atoms with E-state index in [1.54, 1.807) is 0 Å². The van der Waals surface area contributed by atoms with Gasteiger partial charge < -0.3 is 10.2 Å². The minimum absolute atomic E-state index is 0. The lowest BCUT2D eigenvalue weighted by Gasteiger charge is -2.24. The molecule has 0 spiro atoms. The standard InChI is InChI=1S/C12H27N3.C2H6.H2/c1-7-8-9-15(6)12(13-10(2)3)14-11(4)5;1-2;/h10-11H,7-9H2,1-6H3,(H,13,14);1-2H3;1H. The van der Waals surface area contributed by atoms with Gasteiger partial charge in [-0.2, -0.15) is 0 Å². The third kappa shape index (κ3) is 11.5. The average molecular weight is 245 g/mol. The van der Waals surface area contributed by atoms with Crippen LogP contribution in [0.5, 0.6) is 0 Å². The van der Waals surface area contributed by atoms with E-state index in [2.05, 4.69) is 56.9 Å². The lowest BCUT2D eigenvalue weighted by Crippen LogP contribution is -2.43. The van der Waals surface area contributed by atoms with Gasteiger partial charge >= 0.3 is 0 Å². The van der Waals surface area contributed by atoms with Crippen LogP contribution in [0.1, 0.15) is 62.7 Å². The van der Waals surface area contributed by atoms with Crippen molar-refractivity contribution in [3.63, 3.8) is 0 Å². The molecule has 3 nitrogen and oxygen atoms in total. The quantitative estimate of drug-likeness (QED) is 0.590. The van der Waals surface area contributed by atoms with Crippen molar-refractivity contribution >= 4 is 5.96 Å². The zero-order chi connectivity index (χ0) is 13.8. The molecule has 0 saturated heterocycles. The third-order valence-corrected chi connectivity index (χ3v) is 2.01. The van der Waals surface area contributed by atoms with Crippen LogP contribution in [0, 0.1) is 0 Å². The van der Waals surface area contributed by atoms with Gasteiger partial charge in [0.2, 0.25) is 0 Å². The van der Waals surface area contributed by atoms with Gasteiger partial charge in [-0.3, -0.25) is 4.99 Å². The fourth-order valence-electron chi connectivity index (χ4n) is 1.25. The molecule has 0 rings (SSSR count). The highest BCUT2D eigenvalue weighted by Crippen LogP contribution is 1.96. The van der Waals surface area contributed by atoms with E-state index >= 15 is 0 Å². The summed E-state index contributed by atoms with van der Waals surface area (Å²) >= 11 is 0. The van der Waals surface area contributed by atoms with Crippen LogP contribution in [0.15, 0.2) is 4.99 Å². The number of nitrogens with zero attached hydrogens (tertiary/aromatic N) is 2. The Hall–Kier alpha value is -0.730. The van der Waals surface area contributed by atoms with Crippen LogP contribution in [0.4, 0.5) is 0 Å². The molecule has 0 saturated carbocycles. The first kappa shape index (κ1) is 18.6. The summed E-state index contributed by atoms with van der Waals surface area (Å²) in [6.07, 6.45) is 2.44. The predicted octanol–water partition coefficient (Wildman–Crippen LogP) is 3.75. The zero-order valence-corrected chi connectivity index (χ0v) is 13.2. The van der Waals surface area contributed by atoms with Gasteiger partial charge in [-0.05, 0) is 34.1 Å². The molecule has 0 aliphatic rings. The second-order valence-corrected chi connectivity index (χ2v) is 4.62. The Bertz CT molecular complexity index is 191. The van der Waals surface area contributed by atoms with Crippen molar-refractivity contribution < 1.29 is 1.43 Å². The molecule has 0 radical (unpaired) electrons. The van der Waals surface area contributed by atoms with Crippen molar-refractivity contribution in [2.75, 3.05) is 13.6 Å². The van der Waals surface area contributed by atoms with Crippen LogP contribution in [0.25, 0.3) is 0 Å². The van der Waals surface area contributed by atoms with Gasteiger partial charge in [0.05, 0.1) is 0 Å². The summed E-state index contributed by atoms with van der Waals surface area (Å²) in [5.74, 6) is 1.02. The average Bonchev–Trinajstić information content (AvgIpc) is 2.26. The minimum atomic E-state index is 0. The number of nitrogens with one attached hydrogen (secondary N) is 1. The van der Waals surface area contributed by atoms with E-state index < -0.39 is 0 Å². The Labute approximate surface area is 110 Å². The lowest BCUT2D eigenvalue weighted by atomic mass is 10.3. The lowest BCUT2D eigenvalue weighted by molar-refractivity contribution is 0.454. The first-order chi connectivity index (χ1) is 7.97.